The Morgan fingerprint density at radius 1 is 1.25 bits per heavy atom. The Bertz CT molecular complexity index is 387. The summed E-state index contributed by atoms with van der Waals surface area (Å²) in [6.07, 6.45) is 1.58. The molecule has 1 aromatic heterocycles. The van der Waals surface area contributed by atoms with Crippen LogP contribution in [0.15, 0.2) is 34.9 Å². The maximum atomic E-state index is 13.1. The minimum atomic E-state index is -0.284. The number of aromatic nitrogens is 1. The molecule has 0 radical (unpaired) electrons. The lowest BCUT2D eigenvalue weighted by atomic mass is 10.2. The van der Waals surface area contributed by atoms with Crippen LogP contribution in [0, 0.1) is 5.82 Å². The van der Waals surface area contributed by atoms with E-state index >= 15 is 0 Å². The van der Waals surface area contributed by atoms with Crippen LogP contribution in [-0.2, 0) is 0 Å². The van der Waals surface area contributed by atoms with E-state index in [2.05, 4.69) is 20.9 Å². The largest absolute Gasteiger partial charge is 0.253 e. The molecule has 3 heteroatoms. The summed E-state index contributed by atoms with van der Waals surface area (Å²) in [5.74, 6) is -0.284. The van der Waals surface area contributed by atoms with Crippen LogP contribution in [0.3, 0.4) is 0 Å². The molecule has 2 aromatic rings. The van der Waals surface area contributed by atoms with Crippen molar-refractivity contribution in [3.63, 3.8) is 0 Å². The van der Waals surface area contributed by atoms with E-state index in [1.54, 1.807) is 18.3 Å². The lowest BCUT2D eigenvalue weighted by molar-refractivity contribution is 0.637. The fraction of sp³-hybridized carbons (Fsp3) is 0. The van der Waals surface area contributed by atoms with E-state index in [9.17, 15) is 4.39 Å². The minimum Gasteiger partial charge on any atom is -0.253 e. The van der Waals surface area contributed by atoms with Gasteiger partial charge in [0.1, 0.15) is 11.3 Å². The average molecular weight is 226 g/mol. The highest BCUT2D eigenvalue weighted by atomic mass is 79.9. The van der Waals surface area contributed by atoms with E-state index in [-0.39, 0.29) is 5.82 Å². The Labute approximate surface area is 77.4 Å². The molecule has 0 aliphatic heterocycles. The Morgan fingerprint density at radius 3 is 2.83 bits per heavy atom. The minimum absolute atomic E-state index is 0.284. The van der Waals surface area contributed by atoms with Crippen LogP contribution in [0.2, 0.25) is 0 Å². The molecule has 0 amide bonds. The van der Waals surface area contributed by atoms with Gasteiger partial charge in [0, 0.05) is 16.1 Å². The normalized spacial score (nSPS) is 10.5. The van der Waals surface area contributed by atoms with Crippen molar-refractivity contribution in [2.45, 2.75) is 0 Å². The van der Waals surface area contributed by atoms with Crippen molar-refractivity contribution in [1.29, 1.82) is 0 Å². The number of nitrogens with zero attached hydrogens (tertiary/aromatic N) is 1. The summed E-state index contributed by atoms with van der Waals surface area (Å²) < 4.78 is 14.0. The van der Waals surface area contributed by atoms with E-state index in [1.165, 1.54) is 6.07 Å². The molecule has 0 bridgehead atoms. The van der Waals surface area contributed by atoms with Crippen molar-refractivity contribution in [2.24, 2.45) is 0 Å². The molecule has 2 rings (SSSR count). The topological polar surface area (TPSA) is 12.9 Å². The monoisotopic (exact) mass is 225 g/mol. The molecule has 1 aromatic carbocycles. The van der Waals surface area contributed by atoms with Gasteiger partial charge < -0.3 is 0 Å². The number of para-hydroxylation sites is 1. The Hall–Kier alpha value is -0.960. The number of benzene rings is 1. The first-order valence-corrected chi connectivity index (χ1v) is 4.27. The van der Waals surface area contributed by atoms with Crippen LogP contribution in [0.4, 0.5) is 4.39 Å². The fourth-order valence-corrected chi connectivity index (χ4v) is 1.54. The van der Waals surface area contributed by atoms with E-state index in [4.69, 9.17) is 0 Å². The Balaban J connectivity index is 2.94. The van der Waals surface area contributed by atoms with Gasteiger partial charge in [-0.15, -0.1) is 0 Å². The second kappa shape index (κ2) is 2.83. The Kier molecular flexibility index (Phi) is 1.81. The number of rotatable bonds is 0. The third-order valence-corrected chi connectivity index (χ3v) is 2.36. The highest BCUT2D eigenvalue weighted by Crippen LogP contribution is 2.23. The maximum absolute atomic E-state index is 13.1. The lowest BCUT2D eigenvalue weighted by Crippen LogP contribution is -1.83. The molecular formula is C9H5BrFN. The smallest absolute Gasteiger partial charge is 0.149 e. The Morgan fingerprint density at radius 2 is 2.08 bits per heavy atom. The summed E-state index contributed by atoms with van der Waals surface area (Å²) in [4.78, 5) is 3.94. The van der Waals surface area contributed by atoms with Gasteiger partial charge in [0.2, 0.25) is 0 Å². The van der Waals surface area contributed by atoms with E-state index < -0.39 is 0 Å². The standard InChI is InChI=1S/C9H5BrFN/c10-7-4-5-12-9-6(7)2-1-3-8(9)11/h1-5H. The van der Waals surface area contributed by atoms with Gasteiger partial charge in [-0.05, 0) is 12.1 Å². The predicted molar refractivity (Wildman–Crippen MR) is 49.4 cm³/mol. The van der Waals surface area contributed by atoms with E-state index in [0.29, 0.717) is 5.52 Å². The lowest BCUT2D eigenvalue weighted by Gasteiger charge is -1.98. The van der Waals surface area contributed by atoms with Crippen molar-refractivity contribution in [3.8, 4) is 0 Å². The van der Waals surface area contributed by atoms with Crippen molar-refractivity contribution in [1.82, 2.24) is 4.98 Å². The predicted octanol–water partition coefficient (Wildman–Crippen LogP) is 3.14. The molecule has 0 aliphatic rings. The summed E-state index contributed by atoms with van der Waals surface area (Å²) in [6.45, 7) is 0. The molecule has 0 saturated heterocycles. The van der Waals surface area contributed by atoms with Crippen molar-refractivity contribution in [3.05, 3.63) is 40.8 Å². The molecule has 0 saturated carbocycles. The van der Waals surface area contributed by atoms with Crippen LogP contribution >= 0.6 is 15.9 Å². The maximum Gasteiger partial charge on any atom is 0.149 e. The number of hydrogen-bond acceptors (Lipinski definition) is 1. The van der Waals surface area contributed by atoms with Crippen LogP contribution in [0.1, 0.15) is 0 Å². The van der Waals surface area contributed by atoms with Gasteiger partial charge >= 0.3 is 0 Å². The number of pyridine rings is 1. The van der Waals surface area contributed by atoms with E-state index in [1.807, 2.05) is 6.07 Å². The van der Waals surface area contributed by atoms with Crippen LogP contribution in [0.25, 0.3) is 10.9 Å². The van der Waals surface area contributed by atoms with Crippen molar-refractivity contribution < 1.29 is 4.39 Å². The quantitative estimate of drug-likeness (QED) is 0.672. The van der Waals surface area contributed by atoms with Crippen LogP contribution in [0.5, 0.6) is 0 Å². The van der Waals surface area contributed by atoms with Gasteiger partial charge in [-0.3, -0.25) is 4.98 Å². The summed E-state index contributed by atoms with van der Waals surface area (Å²) in [6, 6.07) is 6.70. The average Bonchev–Trinajstić information content (AvgIpc) is 2.07. The fourth-order valence-electron chi connectivity index (χ4n) is 1.11. The zero-order valence-electron chi connectivity index (χ0n) is 6.09. The molecule has 0 atom stereocenters. The van der Waals surface area contributed by atoms with Gasteiger partial charge in [-0.25, -0.2) is 4.39 Å². The third-order valence-electron chi connectivity index (χ3n) is 1.67. The summed E-state index contributed by atoms with van der Waals surface area (Å²) in [5, 5.41) is 0.803. The molecular weight excluding hydrogens is 221 g/mol. The molecule has 60 valence electrons. The molecule has 0 aliphatic carbocycles. The first kappa shape index (κ1) is 7.68. The second-order valence-corrected chi connectivity index (χ2v) is 3.28. The van der Waals surface area contributed by atoms with Gasteiger partial charge in [0.05, 0.1) is 0 Å². The zero-order chi connectivity index (χ0) is 8.55. The molecule has 1 heterocycles. The first-order chi connectivity index (χ1) is 5.79. The van der Waals surface area contributed by atoms with Crippen molar-refractivity contribution in [2.75, 3.05) is 0 Å². The summed E-state index contributed by atoms with van der Waals surface area (Å²) in [7, 11) is 0. The number of fused-ring (bicyclic) bond motifs is 1. The SMILES string of the molecule is Fc1cccc2c(Br)ccnc12. The molecule has 0 unspecified atom stereocenters. The zero-order valence-corrected chi connectivity index (χ0v) is 7.68. The third kappa shape index (κ3) is 1.10. The molecule has 0 fully saturated rings. The summed E-state index contributed by atoms with van der Waals surface area (Å²) >= 11 is 3.32. The van der Waals surface area contributed by atoms with E-state index in [0.717, 1.165) is 9.86 Å². The van der Waals surface area contributed by atoms with Gasteiger partial charge in [0.25, 0.3) is 0 Å². The van der Waals surface area contributed by atoms with Gasteiger partial charge in [0.15, 0.2) is 0 Å². The number of halogens is 2. The molecule has 12 heavy (non-hydrogen) atoms. The van der Waals surface area contributed by atoms with Gasteiger partial charge in [-0.1, -0.05) is 28.1 Å². The molecule has 0 spiro atoms. The second-order valence-electron chi connectivity index (χ2n) is 2.43. The molecule has 0 N–H and O–H groups in total. The molecule has 1 nitrogen and oxygen atoms in total. The summed E-state index contributed by atoms with van der Waals surface area (Å²) in [5.41, 5.74) is 0.409. The highest BCUT2D eigenvalue weighted by molar-refractivity contribution is 9.10. The first-order valence-electron chi connectivity index (χ1n) is 3.48. The van der Waals surface area contributed by atoms with Crippen molar-refractivity contribution >= 4 is 26.8 Å². The van der Waals surface area contributed by atoms with Crippen LogP contribution < -0.4 is 0 Å². The highest BCUT2D eigenvalue weighted by Gasteiger charge is 2.02. The van der Waals surface area contributed by atoms with Gasteiger partial charge in [-0.2, -0.15) is 0 Å². The van der Waals surface area contributed by atoms with Crippen LogP contribution in [-0.4, -0.2) is 4.98 Å². The number of hydrogen-bond donors (Lipinski definition) is 0.